The lowest BCUT2D eigenvalue weighted by molar-refractivity contribution is -0.130. The minimum absolute atomic E-state index is 0.103. The van der Waals surface area contributed by atoms with Crippen LogP contribution in [0.15, 0.2) is 36.4 Å². The molecule has 2 aromatic carbocycles. The second kappa shape index (κ2) is 7.23. The van der Waals surface area contributed by atoms with Gasteiger partial charge in [0.25, 0.3) is 0 Å². The first kappa shape index (κ1) is 18.0. The molecule has 1 aliphatic heterocycles. The number of fused-ring (bicyclic) bond motifs is 1. The molecule has 3 rings (SSSR count). The Kier molecular flexibility index (Phi) is 5.01. The number of carbonyl (C=O) groups is 1. The van der Waals surface area contributed by atoms with Crippen molar-refractivity contribution in [3.63, 3.8) is 0 Å². The first-order valence-electron chi connectivity index (χ1n) is 8.25. The third-order valence-electron chi connectivity index (χ3n) is 4.72. The molecule has 2 aromatic rings. The zero-order valence-corrected chi connectivity index (χ0v) is 14.9. The number of ether oxygens (including phenoxy) is 2. The summed E-state index contributed by atoms with van der Waals surface area (Å²) in [6.45, 7) is 2.00. The van der Waals surface area contributed by atoms with Gasteiger partial charge in [0.2, 0.25) is 5.91 Å². The van der Waals surface area contributed by atoms with Crippen LogP contribution in [0.1, 0.15) is 29.7 Å². The molecule has 0 saturated heterocycles. The summed E-state index contributed by atoms with van der Waals surface area (Å²) in [5.74, 6) is 1.05. The highest BCUT2D eigenvalue weighted by Crippen LogP contribution is 2.43. The molecule has 0 saturated carbocycles. The molecule has 0 radical (unpaired) electrons. The summed E-state index contributed by atoms with van der Waals surface area (Å²) < 4.78 is 10.8. The van der Waals surface area contributed by atoms with Crippen LogP contribution in [0, 0.1) is 5.21 Å². The first-order valence-corrected chi connectivity index (χ1v) is 8.25. The number of methoxy groups -OCH3 is 2. The number of amides is 1. The lowest BCUT2D eigenvalue weighted by Gasteiger charge is -2.39. The van der Waals surface area contributed by atoms with Gasteiger partial charge in [-0.2, -0.15) is 0 Å². The van der Waals surface area contributed by atoms with E-state index in [9.17, 15) is 15.2 Å². The number of para-hydroxylation sites is 1. The number of benzene rings is 2. The van der Waals surface area contributed by atoms with E-state index in [2.05, 4.69) is 0 Å². The molecule has 0 unspecified atom stereocenters. The van der Waals surface area contributed by atoms with Gasteiger partial charge in [0, 0.05) is 19.0 Å². The van der Waals surface area contributed by atoms with Gasteiger partial charge in [0.05, 0.1) is 25.9 Å². The van der Waals surface area contributed by atoms with Gasteiger partial charge in [-0.1, -0.05) is 18.2 Å². The van der Waals surface area contributed by atoms with Crippen LogP contribution >= 0.6 is 0 Å². The highest BCUT2D eigenvalue weighted by atomic mass is 16.8. The van der Waals surface area contributed by atoms with Crippen molar-refractivity contribution in [1.29, 1.82) is 0 Å². The van der Waals surface area contributed by atoms with E-state index >= 15 is 0 Å². The van der Waals surface area contributed by atoms with E-state index in [1.54, 1.807) is 37.3 Å². The predicted molar refractivity (Wildman–Crippen MR) is 96.6 cm³/mol. The van der Waals surface area contributed by atoms with Crippen molar-refractivity contribution in [2.24, 2.45) is 0 Å². The molecule has 26 heavy (non-hydrogen) atoms. The Labute approximate surface area is 151 Å². The number of nitrogens with zero attached hydrogens (tertiary/aromatic N) is 2. The topological polar surface area (TPSA) is 85.3 Å². The van der Waals surface area contributed by atoms with Crippen molar-refractivity contribution < 1.29 is 19.5 Å². The van der Waals surface area contributed by atoms with Crippen molar-refractivity contribution in [1.82, 2.24) is 4.90 Å². The van der Waals surface area contributed by atoms with Gasteiger partial charge in [-0.25, -0.2) is 0 Å². The van der Waals surface area contributed by atoms with Gasteiger partial charge in [0.15, 0.2) is 11.5 Å². The largest absolute Gasteiger partial charge is 0.733 e. The molecule has 1 heterocycles. The molecule has 1 amide bonds. The normalized spacial score (nSPS) is 16.0. The molecule has 0 aliphatic carbocycles. The maximum absolute atomic E-state index is 12.3. The Morgan fingerprint density at radius 2 is 1.85 bits per heavy atom. The van der Waals surface area contributed by atoms with Crippen LogP contribution in [0.2, 0.25) is 0 Å². The number of hydrogen-bond acceptors (Lipinski definition) is 6. The first-order chi connectivity index (χ1) is 12.5. The van der Waals surface area contributed by atoms with Gasteiger partial charge in [-0.15, -0.1) is 0 Å². The average molecular weight is 357 g/mol. The summed E-state index contributed by atoms with van der Waals surface area (Å²) in [4.78, 5) is 14.0. The maximum Gasteiger partial charge on any atom is 0.220 e. The number of hydrogen-bond donors (Lipinski definition) is 1. The Hall–Kier alpha value is -2.77. The zero-order valence-electron chi connectivity index (χ0n) is 14.9. The molecule has 1 atom stereocenters. The van der Waals surface area contributed by atoms with Crippen molar-refractivity contribution >= 4 is 11.6 Å². The van der Waals surface area contributed by atoms with Crippen LogP contribution in [0.3, 0.4) is 0 Å². The summed E-state index contributed by atoms with van der Waals surface area (Å²) in [5.41, 5.74) is 2.51. The smallest absolute Gasteiger partial charge is 0.220 e. The summed E-state index contributed by atoms with van der Waals surface area (Å²) >= 11 is 0. The van der Waals surface area contributed by atoms with Crippen molar-refractivity contribution in [2.75, 3.05) is 26.0 Å². The second-order valence-corrected chi connectivity index (χ2v) is 6.10. The molecule has 1 N–H and O–H groups in total. The molecule has 1 aliphatic rings. The number of carbonyl (C=O) groups excluding carboxylic acids is 1. The number of anilines is 1. The Balaban J connectivity index is 2.23. The van der Waals surface area contributed by atoms with E-state index in [0.29, 0.717) is 30.0 Å². The van der Waals surface area contributed by atoms with Gasteiger partial charge in [0.1, 0.15) is 0 Å². The van der Waals surface area contributed by atoms with Crippen molar-refractivity contribution in [2.45, 2.75) is 19.4 Å². The Morgan fingerprint density at radius 1 is 1.19 bits per heavy atom. The summed E-state index contributed by atoms with van der Waals surface area (Å²) in [7, 11) is 3.12. The van der Waals surface area contributed by atoms with E-state index in [4.69, 9.17) is 9.47 Å². The summed E-state index contributed by atoms with van der Waals surface area (Å²) in [6, 6.07) is 9.92. The van der Waals surface area contributed by atoms with Crippen LogP contribution in [0.25, 0.3) is 0 Å². The highest BCUT2D eigenvalue weighted by Gasteiger charge is 2.33. The van der Waals surface area contributed by atoms with Crippen LogP contribution < -0.4 is 14.7 Å². The Morgan fingerprint density at radius 3 is 2.46 bits per heavy atom. The highest BCUT2D eigenvalue weighted by molar-refractivity contribution is 5.76. The SMILES string of the molecule is COc1cc2c(cc1OC)[C@@H](c1ccccc1N([O-])O)N(C(C)=O)CC2. The minimum atomic E-state index is -0.504. The van der Waals surface area contributed by atoms with Crippen molar-refractivity contribution in [3.8, 4) is 11.5 Å². The standard InChI is InChI=1S/C19H21N2O5/c1-12(22)20-9-8-13-10-17(25-2)18(26-3)11-15(13)19(20)14-6-4-5-7-16(14)21(23)24/h4-7,10-11,19,23H,8-9H2,1-3H3/q-1/t19-/m1/s1. The summed E-state index contributed by atoms with van der Waals surface area (Å²) in [6.07, 6.45) is 0.661. The van der Waals surface area contributed by atoms with Gasteiger partial charge < -0.3 is 24.8 Å². The van der Waals surface area contributed by atoms with E-state index < -0.39 is 6.04 Å². The van der Waals surface area contributed by atoms with E-state index in [0.717, 1.165) is 11.1 Å². The molecule has 7 nitrogen and oxygen atoms in total. The van der Waals surface area contributed by atoms with Crippen molar-refractivity contribution in [3.05, 3.63) is 58.3 Å². The lowest BCUT2D eigenvalue weighted by atomic mass is 9.87. The zero-order chi connectivity index (χ0) is 18.8. The monoisotopic (exact) mass is 357 g/mol. The molecular formula is C19H21N2O5-. The molecule has 0 aromatic heterocycles. The summed E-state index contributed by atoms with van der Waals surface area (Å²) in [5, 5.41) is 21.0. The number of rotatable bonds is 4. The third kappa shape index (κ3) is 3.07. The fourth-order valence-corrected chi connectivity index (χ4v) is 3.51. The second-order valence-electron chi connectivity index (χ2n) is 6.10. The van der Waals surface area contributed by atoms with Crippen LogP contribution in [0.5, 0.6) is 11.5 Å². The molecule has 0 fully saturated rings. The lowest BCUT2D eigenvalue weighted by Crippen LogP contribution is -2.39. The fraction of sp³-hybridized carbons (Fsp3) is 0.316. The molecule has 0 bridgehead atoms. The van der Waals surface area contributed by atoms with E-state index in [1.807, 2.05) is 12.1 Å². The van der Waals surface area contributed by atoms with Crippen LogP contribution in [0.4, 0.5) is 5.69 Å². The molecule has 7 heteroatoms. The van der Waals surface area contributed by atoms with E-state index in [-0.39, 0.29) is 16.8 Å². The van der Waals surface area contributed by atoms with Gasteiger partial charge >= 0.3 is 0 Å². The Bertz CT molecular complexity index is 822. The average Bonchev–Trinajstić information content (AvgIpc) is 2.65. The molecular weight excluding hydrogens is 336 g/mol. The minimum Gasteiger partial charge on any atom is -0.733 e. The van der Waals surface area contributed by atoms with Crippen LogP contribution in [-0.2, 0) is 11.2 Å². The predicted octanol–water partition coefficient (Wildman–Crippen LogP) is 2.89. The maximum atomic E-state index is 12.3. The third-order valence-corrected chi connectivity index (χ3v) is 4.72. The van der Waals surface area contributed by atoms with Crippen LogP contribution in [-0.4, -0.2) is 36.8 Å². The van der Waals surface area contributed by atoms with Gasteiger partial charge in [-0.05, 0) is 35.7 Å². The fourth-order valence-electron chi connectivity index (χ4n) is 3.51. The molecule has 138 valence electrons. The van der Waals surface area contributed by atoms with Gasteiger partial charge in [-0.3, -0.25) is 10.0 Å². The quantitative estimate of drug-likeness (QED) is 0.847. The van der Waals surface area contributed by atoms with E-state index in [1.165, 1.54) is 13.0 Å². The molecule has 0 spiro atoms.